The van der Waals surface area contributed by atoms with Crippen molar-refractivity contribution in [2.75, 3.05) is 13.7 Å². The lowest BCUT2D eigenvalue weighted by Gasteiger charge is -2.18. The van der Waals surface area contributed by atoms with Crippen LogP contribution >= 0.6 is 0 Å². The molecule has 9 nitrogen and oxygen atoms in total. The van der Waals surface area contributed by atoms with E-state index in [9.17, 15) is 24.9 Å². The van der Waals surface area contributed by atoms with Gasteiger partial charge in [-0.15, -0.1) is 0 Å². The third-order valence-electron chi connectivity index (χ3n) is 5.70. The molecule has 9 heteroatoms. The number of aromatic nitrogens is 1. The molecular weight excluding hydrogens is 476 g/mol. The van der Waals surface area contributed by atoms with Crippen molar-refractivity contribution in [3.8, 4) is 17.2 Å². The summed E-state index contributed by atoms with van der Waals surface area (Å²) in [6.07, 6.45) is 0.448. The molecule has 0 aliphatic heterocycles. The van der Waals surface area contributed by atoms with Crippen molar-refractivity contribution in [1.82, 2.24) is 10.3 Å². The quantitative estimate of drug-likeness (QED) is 0.256. The van der Waals surface area contributed by atoms with E-state index in [1.165, 1.54) is 25.3 Å². The molecular formula is C28H26N2O7. The van der Waals surface area contributed by atoms with Crippen molar-refractivity contribution in [3.05, 3.63) is 95.2 Å². The average molecular weight is 503 g/mol. The number of rotatable bonds is 10. The maximum Gasteiger partial charge on any atom is 0.336 e. The number of methoxy groups -OCH3 is 1. The number of ether oxygens (including phenoxy) is 2. The van der Waals surface area contributed by atoms with Crippen LogP contribution in [0.25, 0.3) is 10.9 Å². The molecule has 0 aliphatic rings. The van der Waals surface area contributed by atoms with Crippen molar-refractivity contribution in [3.63, 3.8) is 0 Å². The molecule has 1 aromatic heterocycles. The van der Waals surface area contributed by atoms with Crippen LogP contribution in [0.5, 0.6) is 17.2 Å². The van der Waals surface area contributed by atoms with E-state index in [0.29, 0.717) is 23.1 Å². The summed E-state index contributed by atoms with van der Waals surface area (Å²) in [7, 11) is 1.52. The molecule has 3 aromatic carbocycles. The Balaban J connectivity index is 1.54. The fourth-order valence-corrected chi connectivity index (χ4v) is 3.89. The first-order chi connectivity index (χ1) is 17.8. The highest BCUT2D eigenvalue weighted by Gasteiger charge is 2.20. The van der Waals surface area contributed by atoms with Crippen LogP contribution in [-0.2, 0) is 17.8 Å². The first-order valence-corrected chi connectivity index (χ1v) is 11.5. The molecule has 4 N–H and O–H groups in total. The molecule has 0 bridgehead atoms. The molecule has 0 unspecified atom stereocenters. The number of phenols is 2. The second kappa shape index (κ2) is 11.4. The lowest BCUT2D eigenvalue weighted by Crippen LogP contribution is -2.40. The number of pyridine rings is 1. The first-order valence-electron chi connectivity index (χ1n) is 11.5. The van der Waals surface area contributed by atoms with E-state index in [0.717, 1.165) is 11.1 Å². The standard InChI is InChI=1S/C28H26N2O7/c1-36-16-19(12-17-2-5-20(31)6-3-17)29-27(33)26-14-24(28(34)35)23-13-18(4-11-25(23)30-26)15-37-22-9-7-21(32)8-10-22/h2-11,13-14,19,31-32H,12,15-16H2,1H3,(H,29,33)(H,34,35)/t19-/m0/s1. The Labute approximate surface area is 212 Å². The monoisotopic (exact) mass is 502 g/mol. The highest BCUT2D eigenvalue weighted by Crippen LogP contribution is 2.23. The van der Waals surface area contributed by atoms with Crippen molar-refractivity contribution in [1.29, 1.82) is 0 Å². The summed E-state index contributed by atoms with van der Waals surface area (Å²) in [4.78, 5) is 29.5. The molecule has 0 saturated carbocycles. The predicted octanol–water partition coefficient (Wildman–Crippen LogP) is 3.91. The zero-order valence-corrected chi connectivity index (χ0v) is 20.0. The highest BCUT2D eigenvalue weighted by molar-refractivity contribution is 6.06. The van der Waals surface area contributed by atoms with Gasteiger partial charge in [0.15, 0.2) is 0 Å². The number of aromatic carboxylic acids is 1. The fraction of sp³-hybridized carbons (Fsp3) is 0.179. The molecule has 0 aliphatic carbocycles. The number of phenolic OH excluding ortho intramolecular Hbond substituents is 2. The van der Waals surface area contributed by atoms with Gasteiger partial charge in [0, 0.05) is 12.5 Å². The van der Waals surface area contributed by atoms with Crippen LogP contribution in [0.15, 0.2) is 72.8 Å². The summed E-state index contributed by atoms with van der Waals surface area (Å²) in [6.45, 7) is 0.411. The van der Waals surface area contributed by atoms with E-state index in [2.05, 4.69) is 10.3 Å². The Kier molecular flexibility index (Phi) is 7.85. The minimum atomic E-state index is -1.18. The Morgan fingerprint density at radius 2 is 1.57 bits per heavy atom. The number of aromatic hydroxyl groups is 2. The highest BCUT2D eigenvalue weighted by atomic mass is 16.5. The Hall–Kier alpha value is -4.63. The van der Waals surface area contributed by atoms with Gasteiger partial charge in [-0.1, -0.05) is 18.2 Å². The second-order valence-corrected chi connectivity index (χ2v) is 8.49. The molecule has 0 saturated heterocycles. The number of carbonyl (C=O) groups excluding carboxylic acids is 1. The number of hydrogen-bond acceptors (Lipinski definition) is 7. The molecule has 190 valence electrons. The van der Waals surface area contributed by atoms with Gasteiger partial charge in [0.1, 0.15) is 29.5 Å². The zero-order chi connectivity index (χ0) is 26.4. The Morgan fingerprint density at radius 1 is 0.919 bits per heavy atom. The van der Waals surface area contributed by atoms with Crippen LogP contribution in [0.2, 0.25) is 0 Å². The third-order valence-corrected chi connectivity index (χ3v) is 5.70. The number of nitrogens with one attached hydrogen (secondary N) is 1. The summed E-state index contributed by atoms with van der Waals surface area (Å²) in [5.74, 6) is -0.878. The molecule has 0 spiro atoms. The molecule has 1 heterocycles. The summed E-state index contributed by atoms with van der Waals surface area (Å²) < 4.78 is 11.0. The fourth-order valence-electron chi connectivity index (χ4n) is 3.89. The third kappa shape index (κ3) is 6.53. The Morgan fingerprint density at radius 3 is 2.22 bits per heavy atom. The minimum Gasteiger partial charge on any atom is -0.508 e. The first kappa shape index (κ1) is 25.5. The number of nitrogens with zero attached hydrogens (tertiary/aromatic N) is 1. The minimum absolute atomic E-state index is 0.0233. The van der Waals surface area contributed by atoms with Gasteiger partial charge in [0.05, 0.1) is 23.7 Å². The van der Waals surface area contributed by atoms with E-state index >= 15 is 0 Å². The van der Waals surface area contributed by atoms with Crippen LogP contribution in [-0.4, -0.2) is 51.9 Å². The van der Waals surface area contributed by atoms with Gasteiger partial charge >= 0.3 is 5.97 Å². The number of benzene rings is 3. The summed E-state index contributed by atoms with van der Waals surface area (Å²) in [5.41, 5.74) is 1.89. The van der Waals surface area contributed by atoms with Crippen LogP contribution in [0.1, 0.15) is 32.0 Å². The van der Waals surface area contributed by atoms with Crippen LogP contribution in [0.4, 0.5) is 0 Å². The molecule has 0 fully saturated rings. The number of carbonyl (C=O) groups is 2. The van der Waals surface area contributed by atoms with Gasteiger partial charge in [-0.05, 0) is 72.1 Å². The van der Waals surface area contributed by atoms with E-state index < -0.39 is 17.9 Å². The van der Waals surface area contributed by atoms with Crippen LogP contribution in [0, 0.1) is 0 Å². The SMILES string of the molecule is COC[C@H](Cc1ccc(O)cc1)NC(=O)c1cc(C(=O)O)c2cc(COc3ccc(O)cc3)ccc2n1. The Bertz CT molecular complexity index is 1400. The largest absolute Gasteiger partial charge is 0.508 e. The van der Waals surface area contributed by atoms with Crippen molar-refractivity contribution in [2.45, 2.75) is 19.1 Å². The molecule has 1 atom stereocenters. The molecule has 4 aromatic rings. The van der Waals surface area contributed by atoms with Gasteiger partial charge < -0.3 is 30.1 Å². The number of fused-ring (bicyclic) bond motifs is 1. The molecule has 0 radical (unpaired) electrons. The van der Waals surface area contributed by atoms with Gasteiger partial charge in [-0.2, -0.15) is 0 Å². The number of hydrogen-bond donors (Lipinski definition) is 4. The van der Waals surface area contributed by atoms with Crippen LogP contribution in [0.3, 0.4) is 0 Å². The van der Waals surface area contributed by atoms with Gasteiger partial charge in [0.25, 0.3) is 5.91 Å². The zero-order valence-electron chi connectivity index (χ0n) is 20.0. The topological polar surface area (TPSA) is 138 Å². The number of amides is 1. The van der Waals surface area contributed by atoms with E-state index in [-0.39, 0.29) is 36.0 Å². The maximum absolute atomic E-state index is 13.0. The van der Waals surface area contributed by atoms with E-state index in [4.69, 9.17) is 9.47 Å². The molecule has 4 rings (SSSR count). The smallest absolute Gasteiger partial charge is 0.336 e. The predicted molar refractivity (Wildman–Crippen MR) is 136 cm³/mol. The maximum atomic E-state index is 13.0. The molecule has 1 amide bonds. The summed E-state index contributed by atoms with van der Waals surface area (Å²) >= 11 is 0. The van der Waals surface area contributed by atoms with E-state index in [1.807, 2.05) is 0 Å². The van der Waals surface area contributed by atoms with Crippen molar-refractivity contribution < 1.29 is 34.4 Å². The second-order valence-electron chi connectivity index (χ2n) is 8.49. The van der Waals surface area contributed by atoms with Gasteiger partial charge in [0.2, 0.25) is 0 Å². The summed E-state index contributed by atoms with van der Waals surface area (Å²) in [5, 5.41) is 32.0. The van der Waals surface area contributed by atoms with E-state index in [1.54, 1.807) is 54.6 Å². The lowest BCUT2D eigenvalue weighted by atomic mass is 10.0. The number of carboxylic acids is 1. The van der Waals surface area contributed by atoms with Crippen molar-refractivity contribution >= 4 is 22.8 Å². The summed E-state index contributed by atoms with van der Waals surface area (Å²) in [6, 6.07) is 18.9. The van der Waals surface area contributed by atoms with Crippen LogP contribution < -0.4 is 10.1 Å². The van der Waals surface area contributed by atoms with Gasteiger partial charge in [-0.25, -0.2) is 9.78 Å². The normalized spacial score (nSPS) is 11.7. The number of carboxylic acid groups (broad SMARTS) is 1. The van der Waals surface area contributed by atoms with Crippen molar-refractivity contribution in [2.24, 2.45) is 0 Å². The lowest BCUT2D eigenvalue weighted by molar-refractivity contribution is 0.0699. The van der Waals surface area contributed by atoms with Gasteiger partial charge in [-0.3, -0.25) is 4.79 Å². The average Bonchev–Trinajstić information content (AvgIpc) is 2.89. The molecule has 37 heavy (non-hydrogen) atoms.